The number of phosphoric acid groups is 2. The maximum absolute atomic E-state index is 12.4. The summed E-state index contributed by atoms with van der Waals surface area (Å²) in [5.74, 6) is -1.33. The Balaban J connectivity index is 2.90. The number of hydrogen-bond donors (Lipinski definition) is 7. The largest absolute Gasteiger partial charge is 0.472 e. The maximum atomic E-state index is 12.4. The van der Waals surface area contributed by atoms with E-state index in [2.05, 4.69) is 9.05 Å². The van der Waals surface area contributed by atoms with E-state index >= 15 is 0 Å². The molecule has 8 atom stereocenters. The van der Waals surface area contributed by atoms with E-state index in [1.54, 1.807) is 13.8 Å². The summed E-state index contributed by atoms with van der Waals surface area (Å²) in [6, 6.07) is 0. The third kappa shape index (κ3) is 10.9. The predicted molar refractivity (Wildman–Crippen MR) is 112 cm³/mol. The molecule has 0 aliphatic heterocycles. The summed E-state index contributed by atoms with van der Waals surface area (Å²) in [5, 5.41) is 40.0. The lowest BCUT2D eigenvalue weighted by molar-refractivity contribution is -0.216. The number of carbonyl (C=O) groups excluding carboxylic acids is 2. The Bertz CT molecular complexity index is 786. The third-order valence-corrected chi connectivity index (χ3v) is 6.12. The van der Waals surface area contributed by atoms with E-state index in [0.29, 0.717) is 12.8 Å². The molecule has 0 aromatic heterocycles. The topological polar surface area (TPSA) is 256 Å². The van der Waals surface area contributed by atoms with E-state index in [1.807, 2.05) is 0 Å². The number of ether oxygens (including phenoxy) is 2. The van der Waals surface area contributed by atoms with Crippen LogP contribution in [0.5, 0.6) is 0 Å². The zero-order valence-electron chi connectivity index (χ0n) is 19.0. The average Bonchev–Trinajstić information content (AvgIpc) is 2.74. The highest BCUT2D eigenvalue weighted by atomic mass is 31.2. The van der Waals surface area contributed by atoms with Gasteiger partial charge in [-0.25, -0.2) is 9.13 Å². The van der Waals surface area contributed by atoms with E-state index in [0.717, 1.165) is 0 Å². The quantitative estimate of drug-likeness (QED) is 0.0950. The van der Waals surface area contributed by atoms with Crippen LogP contribution in [0.2, 0.25) is 0 Å². The van der Waals surface area contributed by atoms with Crippen molar-refractivity contribution in [3.05, 3.63) is 0 Å². The van der Waals surface area contributed by atoms with Crippen LogP contribution in [0.15, 0.2) is 0 Å². The molecule has 1 aliphatic carbocycles. The monoisotopic (exact) mass is 554 g/mol. The Morgan fingerprint density at radius 1 is 0.771 bits per heavy atom. The molecule has 0 amide bonds. The van der Waals surface area contributed by atoms with Gasteiger partial charge in [-0.15, -0.1) is 0 Å². The predicted octanol–water partition coefficient (Wildman–Crippen LogP) is -1.52. The fourth-order valence-corrected chi connectivity index (χ4v) is 4.52. The zero-order valence-corrected chi connectivity index (χ0v) is 20.8. The lowest BCUT2D eigenvalue weighted by Gasteiger charge is -2.43. The lowest BCUT2D eigenvalue weighted by atomic mass is 9.85. The summed E-state index contributed by atoms with van der Waals surface area (Å²) in [4.78, 5) is 51.3. The van der Waals surface area contributed by atoms with Gasteiger partial charge in [0.1, 0.15) is 43.2 Å². The zero-order chi connectivity index (χ0) is 27.0. The van der Waals surface area contributed by atoms with Crippen LogP contribution in [0.25, 0.3) is 0 Å². The van der Waals surface area contributed by atoms with Crippen molar-refractivity contribution in [3.8, 4) is 0 Å². The Morgan fingerprint density at radius 2 is 1.29 bits per heavy atom. The second kappa shape index (κ2) is 14.1. The molecular weight excluding hydrogens is 522 g/mol. The summed E-state index contributed by atoms with van der Waals surface area (Å²) in [7, 11) is -10.5. The molecule has 1 fully saturated rings. The van der Waals surface area contributed by atoms with Crippen molar-refractivity contribution >= 4 is 27.6 Å². The summed E-state index contributed by atoms with van der Waals surface area (Å²) < 4.78 is 47.1. The molecule has 0 heterocycles. The minimum absolute atomic E-state index is 0.00563. The highest BCUT2D eigenvalue weighted by Crippen LogP contribution is 2.48. The fourth-order valence-electron chi connectivity index (χ4n) is 2.98. The van der Waals surface area contributed by atoms with Crippen molar-refractivity contribution < 1.29 is 76.9 Å². The number of esters is 2. The van der Waals surface area contributed by atoms with E-state index in [9.17, 15) is 44.0 Å². The Morgan fingerprint density at radius 3 is 1.80 bits per heavy atom. The average molecular weight is 554 g/mol. The van der Waals surface area contributed by atoms with E-state index in [-0.39, 0.29) is 12.8 Å². The van der Waals surface area contributed by atoms with Gasteiger partial charge < -0.3 is 44.6 Å². The van der Waals surface area contributed by atoms with E-state index in [4.69, 9.17) is 23.8 Å². The number of hydrogen-bond acceptors (Lipinski definition) is 13. The van der Waals surface area contributed by atoms with Crippen molar-refractivity contribution in [2.45, 2.75) is 82.3 Å². The maximum Gasteiger partial charge on any atom is 0.472 e. The molecule has 206 valence electrons. The van der Waals surface area contributed by atoms with Crippen molar-refractivity contribution in [2.24, 2.45) is 0 Å². The second-order valence-electron chi connectivity index (χ2n) is 7.65. The van der Waals surface area contributed by atoms with Crippen LogP contribution in [-0.2, 0) is 41.8 Å². The van der Waals surface area contributed by atoms with Crippen molar-refractivity contribution in [3.63, 3.8) is 0 Å². The van der Waals surface area contributed by atoms with Crippen molar-refractivity contribution in [2.75, 3.05) is 13.2 Å². The van der Waals surface area contributed by atoms with Gasteiger partial charge in [-0.1, -0.05) is 13.8 Å². The number of aliphatic hydroxyl groups is 4. The first-order valence-electron chi connectivity index (χ1n) is 10.6. The molecule has 16 nitrogen and oxygen atoms in total. The van der Waals surface area contributed by atoms with Crippen LogP contribution in [0.4, 0.5) is 0 Å². The minimum atomic E-state index is -5.32. The van der Waals surface area contributed by atoms with Gasteiger partial charge >= 0.3 is 27.6 Å². The summed E-state index contributed by atoms with van der Waals surface area (Å²) in [6.45, 7) is 2.06. The summed E-state index contributed by atoms with van der Waals surface area (Å²) in [5.41, 5.74) is 0. The van der Waals surface area contributed by atoms with Crippen LogP contribution in [0, 0.1) is 0 Å². The first-order chi connectivity index (χ1) is 16.1. The molecule has 0 radical (unpaired) electrons. The van der Waals surface area contributed by atoms with Gasteiger partial charge in [0.2, 0.25) is 0 Å². The Labute approximate surface area is 200 Å². The molecular formula is C17H32O16P2. The summed E-state index contributed by atoms with van der Waals surface area (Å²) in [6.07, 6.45) is -13.7. The SMILES string of the molecule is CCCC(=O)OC[C@H](COP(=O)(O)O[C@H]1C(O)[C@@H](OP(=O)(O)O)[C@H](O)C(O)[C@H]1O)OC(=O)CCC. The number of rotatable bonds is 14. The molecule has 0 spiro atoms. The smallest absolute Gasteiger partial charge is 0.462 e. The molecule has 0 aromatic rings. The third-order valence-electron chi connectivity index (χ3n) is 4.62. The molecule has 0 aromatic carbocycles. The molecule has 18 heteroatoms. The lowest BCUT2D eigenvalue weighted by Crippen LogP contribution is -2.64. The van der Waals surface area contributed by atoms with Gasteiger partial charge in [-0.05, 0) is 12.8 Å². The van der Waals surface area contributed by atoms with Gasteiger partial charge in [-0.2, -0.15) is 0 Å². The number of carbonyl (C=O) groups is 2. The Hall–Kier alpha value is -1.00. The van der Waals surface area contributed by atoms with Gasteiger partial charge in [0.15, 0.2) is 6.10 Å². The number of phosphoric ester groups is 2. The van der Waals surface area contributed by atoms with Crippen LogP contribution in [-0.4, -0.2) is 103 Å². The molecule has 1 rings (SSSR count). The van der Waals surface area contributed by atoms with Gasteiger partial charge in [0.05, 0.1) is 6.61 Å². The van der Waals surface area contributed by atoms with Crippen LogP contribution in [0.3, 0.4) is 0 Å². The normalized spacial score (nSPS) is 29.7. The van der Waals surface area contributed by atoms with Crippen molar-refractivity contribution in [1.29, 1.82) is 0 Å². The first-order valence-corrected chi connectivity index (χ1v) is 13.6. The van der Waals surface area contributed by atoms with Gasteiger partial charge in [-0.3, -0.25) is 23.2 Å². The molecule has 0 bridgehead atoms. The molecule has 7 N–H and O–H groups in total. The standard InChI is InChI=1S/C17H32O16P2/c1-3-5-10(18)29-7-9(31-11(19)6-4-2)8-30-35(27,28)33-17-14(22)12(20)13(21)16(15(17)23)32-34(24,25)26/h9,12-17,20-23H,3-8H2,1-2H3,(H,27,28)(H2,24,25,26)/t9-,12?,13-,14-,15?,16+,17-/m1/s1. The molecule has 3 unspecified atom stereocenters. The highest BCUT2D eigenvalue weighted by molar-refractivity contribution is 7.47. The van der Waals surface area contributed by atoms with Crippen LogP contribution in [0.1, 0.15) is 39.5 Å². The Kier molecular flexibility index (Phi) is 12.9. The molecule has 0 saturated heterocycles. The van der Waals surface area contributed by atoms with Gasteiger partial charge in [0.25, 0.3) is 0 Å². The van der Waals surface area contributed by atoms with E-state index < -0.39 is 83.5 Å². The second-order valence-corrected chi connectivity index (χ2v) is 10.3. The minimum Gasteiger partial charge on any atom is -0.462 e. The van der Waals surface area contributed by atoms with Crippen LogP contribution >= 0.6 is 15.6 Å². The summed E-state index contributed by atoms with van der Waals surface area (Å²) >= 11 is 0. The molecule has 1 saturated carbocycles. The van der Waals surface area contributed by atoms with E-state index in [1.165, 1.54) is 0 Å². The molecule has 35 heavy (non-hydrogen) atoms. The number of aliphatic hydroxyl groups excluding tert-OH is 4. The van der Waals surface area contributed by atoms with Crippen LogP contribution < -0.4 is 0 Å². The fraction of sp³-hybridized carbons (Fsp3) is 0.882. The van der Waals surface area contributed by atoms with Crippen molar-refractivity contribution in [1.82, 2.24) is 0 Å². The molecule has 1 aliphatic rings. The first kappa shape index (κ1) is 32.0. The van der Waals surface area contributed by atoms with Gasteiger partial charge in [0, 0.05) is 12.8 Å². The highest BCUT2D eigenvalue weighted by Gasteiger charge is 2.54.